The van der Waals surface area contributed by atoms with Crippen LogP contribution in [-0.2, 0) is 19.6 Å². The molecule has 2 aromatic rings. The SMILES string of the molecule is CC(C)NCc1cc(N2CCn3cnnc3C2)ccn1. The van der Waals surface area contributed by atoms with Crippen molar-refractivity contribution in [2.75, 3.05) is 11.4 Å². The van der Waals surface area contributed by atoms with E-state index >= 15 is 0 Å². The third kappa shape index (κ3) is 2.80. The Labute approximate surface area is 118 Å². The molecule has 0 atom stereocenters. The zero-order valence-corrected chi connectivity index (χ0v) is 12.0. The van der Waals surface area contributed by atoms with E-state index in [1.165, 1.54) is 5.69 Å². The van der Waals surface area contributed by atoms with Gasteiger partial charge < -0.3 is 14.8 Å². The van der Waals surface area contributed by atoms with Gasteiger partial charge in [0.1, 0.15) is 6.33 Å². The molecule has 6 heteroatoms. The Bertz CT molecular complexity index is 577. The number of hydrogen-bond acceptors (Lipinski definition) is 5. The predicted molar refractivity (Wildman–Crippen MR) is 77.3 cm³/mol. The number of fused-ring (bicyclic) bond motifs is 1. The molecule has 0 bridgehead atoms. The van der Waals surface area contributed by atoms with Crippen LogP contribution in [0.25, 0.3) is 0 Å². The van der Waals surface area contributed by atoms with E-state index < -0.39 is 0 Å². The van der Waals surface area contributed by atoms with Crippen LogP contribution in [0.2, 0.25) is 0 Å². The topological polar surface area (TPSA) is 58.9 Å². The third-order valence-electron chi connectivity index (χ3n) is 3.50. The summed E-state index contributed by atoms with van der Waals surface area (Å²) < 4.78 is 2.11. The van der Waals surface area contributed by atoms with Gasteiger partial charge >= 0.3 is 0 Å². The molecule has 106 valence electrons. The smallest absolute Gasteiger partial charge is 0.152 e. The molecule has 0 unspecified atom stereocenters. The van der Waals surface area contributed by atoms with Crippen LogP contribution in [0.1, 0.15) is 25.4 Å². The lowest BCUT2D eigenvalue weighted by Gasteiger charge is -2.29. The molecule has 0 saturated heterocycles. The first-order valence-electron chi connectivity index (χ1n) is 7.02. The number of anilines is 1. The van der Waals surface area contributed by atoms with Crippen LogP contribution in [-0.4, -0.2) is 32.3 Å². The zero-order valence-electron chi connectivity index (χ0n) is 12.0. The van der Waals surface area contributed by atoms with Crippen LogP contribution in [0.15, 0.2) is 24.7 Å². The number of nitrogens with zero attached hydrogens (tertiary/aromatic N) is 5. The van der Waals surface area contributed by atoms with Crippen molar-refractivity contribution in [2.24, 2.45) is 0 Å². The van der Waals surface area contributed by atoms with Gasteiger partial charge in [-0.2, -0.15) is 0 Å². The highest BCUT2D eigenvalue weighted by Gasteiger charge is 2.17. The maximum atomic E-state index is 4.42. The molecule has 1 aliphatic heterocycles. The minimum absolute atomic E-state index is 0.467. The maximum Gasteiger partial charge on any atom is 0.152 e. The van der Waals surface area contributed by atoms with Crippen LogP contribution >= 0.6 is 0 Å². The van der Waals surface area contributed by atoms with Crippen LogP contribution in [0.5, 0.6) is 0 Å². The summed E-state index contributed by atoms with van der Waals surface area (Å²) in [4.78, 5) is 6.74. The quantitative estimate of drug-likeness (QED) is 0.906. The van der Waals surface area contributed by atoms with Crippen molar-refractivity contribution < 1.29 is 0 Å². The van der Waals surface area contributed by atoms with Crippen LogP contribution in [0, 0.1) is 0 Å². The van der Waals surface area contributed by atoms with Crippen LogP contribution < -0.4 is 10.2 Å². The Hall–Kier alpha value is -1.95. The molecule has 0 fully saturated rings. The van der Waals surface area contributed by atoms with Crippen molar-refractivity contribution >= 4 is 5.69 Å². The van der Waals surface area contributed by atoms with Crippen molar-refractivity contribution in [3.05, 3.63) is 36.2 Å². The highest BCUT2D eigenvalue weighted by atomic mass is 15.3. The number of rotatable bonds is 4. The minimum Gasteiger partial charge on any atom is -0.362 e. The summed E-state index contributed by atoms with van der Waals surface area (Å²) >= 11 is 0. The van der Waals surface area contributed by atoms with E-state index in [0.29, 0.717) is 6.04 Å². The Morgan fingerprint density at radius 3 is 3.10 bits per heavy atom. The lowest BCUT2D eigenvalue weighted by atomic mass is 10.2. The first kappa shape index (κ1) is 13.1. The summed E-state index contributed by atoms with van der Waals surface area (Å²) in [5.41, 5.74) is 2.28. The Morgan fingerprint density at radius 1 is 1.35 bits per heavy atom. The van der Waals surface area contributed by atoms with E-state index in [-0.39, 0.29) is 0 Å². The summed E-state index contributed by atoms with van der Waals surface area (Å²) in [7, 11) is 0. The lowest BCUT2D eigenvalue weighted by molar-refractivity contribution is 0.558. The van der Waals surface area contributed by atoms with E-state index in [2.05, 4.69) is 55.9 Å². The lowest BCUT2D eigenvalue weighted by Crippen LogP contribution is -2.33. The van der Waals surface area contributed by atoms with Gasteiger partial charge in [0, 0.05) is 37.6 Å². The number of pyridine rings is 1. The van der Waals surface area contributed by atoms with Gasteiger partial charge in [0.2, 0.25) is 0 Å². The monoisotopic (exact) mass is 272 g/mol. The Balaban J connectivity index is 1.73. The second kappa shape index (κ2) is 5.58. The van der Waals surface area contributed by atoms with Crippen molar-refractivity contribution in [1.82, 2.24) is 25.1 Å². The van der Waals surface area contributed by atoms with Gasteiger partial charge in [0.05, 0.1) is 12.2 Å². The average Bonchev–Trinajstić information content (AvgIpc) is 2.93. The summed E-state index contributed by atoms with van der Waals surface area (Å²) in [6, 6.07) is 4.68. The molecular formula is C14H20N6. The highest BCUT2D eigenvalue weighted by molar-refractivity contribution is 5.47. The van der Waals surface area contributed by atoms with E-state index in [4.69, 9.17) is 0 Å². The number of hydrogen-bond donors (Lipinski definition) is 1. The Kier molecular flexibility index (Phi) is 3.64. The van der Waals surface area contributed by atoms with E-state index in [1.54, 1.807) is 6.33 Å². The van der Waals surface area contributed by atoms with Crippen molar-refractivity contribution in [2.45, 2.75) is 39.5 Å². The summed E-state index contributed by atoms with van der Waals surface area (Å²) in [6.45, 7) is 7.80. The van der Waals surface area contributed by atoms with Gasteiger partial charge in [-0.3, -0.25) is 4.98 Å². The van der Waals surface area contributed by atoms with E-state index in [9.17, 15) is 0 Å². The van der Waals surface area contributed by atoms with Gasteiger partial charge in [-0.05, 0) is 12.1 Å². The molecular weight excluding hydrogens is 252 g/mol. The largest absolute Gasteiger partial charge is 0.362 e. The number of nitrogens with one attached hydrogen (secondary N) is 1. The molecule has 0 saturated carbocycles. The standard InChI is InChI=1S/C14H20N6/c1-11(2)16-8-12-7-13(3-4-15-12)19-5-6-20-10-17-18-14(20)9-19/h3-4,7,10-11,16H,5-6,8-9H2,1-2H3. The first-order valence-corrected chi connectivity index (χ1v) is 7.02. The molecule has 3 rings (SSSR count). The highest BCUT2D eigenvalue weighted by Crippen LogP contribution is 2.20. The normalized spacial score (nSPS) is 14.7. The molecule has 3 heterocycles. The summed E-state index contributed by atoms with van der Waals surface area (Å²) in [5.74, 6) is 1.02. The number of aromatic nitrogens is 4. The molecule has 0 amide bonds. The van der Waals surface area contributed by atoms with Gasteiger partial charge in [-0.15, -0.1) is 10.2 Å². The third-order valence-corrected chi connectivity index (χ3v) is 3.50. The summed E-state index contributed by atoms with van der Waals surface area (Å²) in [6.07, 6.45) is 3.68. The molecule has 0 aromatic carbocycles. The summed E-state index contributed by atoms with van der Waals surface area (Å²) in [5, 5.41) is 11.5. The fraction of sp³-hybridized carbons (Fsp3) is 0.500. The van der Waals surface area contributed by atoms with Gasteiger partial charge in [0.15, 0.2) is 5.82 Å². The van der Waals surface area contributed by atoms with E-state index in [0.717, 1.165) is 37.7 Å². The Morgan fingerprint density at radius 2 is 2.25 bits per heavy atom. The van der Waals surface area contributed by atoms with E-state index in [1.807, 2.05) is 6.20 Å². The second-order valence-corrected chi connectivity index (χ2v) is 5.40. The first-order chi connectivity index (χ1) is 9.72. The molecule has 2 aromatic heterocycles. The van der Waals surface area contributed by atoms with Crippen LogP contribution in [0.3, 0.4) is 0 Å². The molecule has 0 aliphatic carbocycles. The van der Waals surface area contributed by atoms with Crippen molar-refractivity contribution in [1.29, 1.82) is 0 Å². The molecule has 1 aliphatic rings. The maximum absolute atomic E-state index is 4.42. The molecule has 6 nitrogen and oxygen atoms in total. The van der Waals surface area contributed by atoms with Gasteiger partial charge in [-0.25, -0.2) is 0 Å². The molecule has 0 radical (unpaired) electrons. The zero-order chi connectivity index (χ0) is 13.9. The fourth-order valence-corrected chi connectivity index (χ4v) is 2.35. The second-order valence-electron chi connectivity index (χ2n) is 5.40. The molecule has 1 N–H and O–H groups in total. The van der Waals surface area contributed by atoms with Gasteiger partial charge in [0.25, 0.3) is 0 Å². The van der Waals surface area contributed by atoms with Crippen molar-refractivity contribution in [3.63, 3.8) is 0 Å². The predicted octanol–water partition coefficient (Wildman–Crippen LogP) is 1.19. The fourth-order valence-electron chi connectivity index (χ4n) is 2.35. The van der Waals surface area contributed by atoms with Crippen molar-refractivity contribution in [3.8, 4) is 0 Å². The minimum atomic E-state index is 0.467. The molecule has 0 spiro atoms. The molecule has 20 heavy (non-hydrogen) atoms. The van der Waals surface area contributed by atoms with Gasteiger partial charge in [-0.1, -0.05) is 13.8 Å². The average molecular weight is 272 g/mol. The van der Waals surface area contributed by atoms with Crippen LogP contribution in [0.4, 0.5) is 5.69 Å².